The fourth-order valence-corrected chi connectivity index (χ4v) is 5.44. The lowest BCUT2D eigenvalue weighted by molar-refractivity contribution is 0.0997. The van der Waals surface area contributed by atoms with Crippen molar-refractivity contribution in [2.75, 3.05) is 29.0 Å². The van der Waals surface area contributed by atoms with Crippen molar-refractivity contribution in [2.45, 2.75) is 4.90 Å². The molecule has 5 aromatic rings. The molecule has 15 heteroatoms. The molecule has 0 spiro atoms. The van der Waals surface area contributed by atoms with Crippen molar-refractivity contribution >= 4 is 73.4 Å². The van der Waals surface area contributed by atoms with Crippen molar-refractivity contribution < 1.29 is 18.0 Å². The summed E-state index contributed by atoms with van der Waals surface area (Å²) in [5, 5.41) is 3.07. The lowest BCUT2D eigenvalue weighted by Crippen LogP contribution is -2.17. The minimum absolute atomic E-state index is 0.0142. The van der Waals surface area contributed by atoms with Gasteiger partial charge in [-0.05, 0) is 54.6 Å². The molecule has 5 N–H and O–H groups in total. The maximum atomic E-state index is 13.1. The number of H-pyrrole nitrogens is 1. The number of primary amides is 1. The fraction of sp³-hybridized carbons (Fsp3) is 0.0741. The number of carbonyl (C=O) groups is 2. The Morgan fingerprint density at radius 2 is 1.69 bits per heavy atom. The molecule has 0 aliphatic rings. The molecule has 2 aromatic heterocycles. The van der Waals surface area contributed by atoms with Crippen molar-refractivity contribution in [3.05, 3.63) is 88.2 Å². The molecule has 0 unspecified atom stereocenters. The number of carbonyl (C=O) groups excluding carboxylic acids is 2. The first-order valence-corrected chi connectivity index (χ1v) is 14.4. The number of benzene rings is 3. The standard InChI is InChI=1S/C27H22Cl2N8O4S/c1-37(2)16-4-8-22-23(10-16)35-25(34-22)19-9-15(3-7-20(19)28)33-26(39)18-6-5-17(11-21(18)29)42(40,41)36-27-31-12-14(13-32-27)24(30)38/h3-13H,1-2H3,(H2,30,38)(H,33,39)(H,34,35)(H,31,32,36). The van der Waals surface area contributed by atoms with Crippen LogP contribution in [0.4, 0.5) is 17.3 Å². The lowest BCUT2D eigenvalue weighted by atomic mass is 10.1. The molecule has 0 radical (unpaired) electrons. The molecule has 12 nitrogen and oxygen atoms in total. The SMILES string of the molecule is CN(C)c1ccc2nc(-c3cc(NC(=O)c4ccc(S(=O)(=O)Nc5ncc(C(N)=O)cn5)cc4Cl)ccc3Cl)[nH]c2c1. The number of rotatable bonds is 8. The highest BCUT2D eigenvalue weighted by Gasteiger charge is 2.20. The van der Waals surface area contributed by atoms with Gasteiger partial charge in [0.2, 0.25) is 5.95 Å². The predicted octanol–water partition coefficient (Wildman–Crippen LogP) is 4.54. The Labute approximate surface area is 250 Å². The summed E-state index contributed by atoms with van der Waals surface area (Å²) in [4.78, 5) is 41.4. The van der Waals surface area contributed by atoms with Gasteiger partial charge >= 0.3 is 0 Å². The van der Waals surface area contributed by atoms with E-state index in [0.29, 0.717) is 22.1 Å². The van der Waals surface area contributed by atoms with E-state index in [9.17, 15) is 18.0 Å². The zero-order valence-electron chi connectivity index (χ0n) is 22.0. The minimum atomic E-state index is -4.17. The number of nitrogens with zero attached hydrogens (tertiary/aromatic N) is 4. The van der Waals surface area contributed by atoms with Gasteiger partial charge in [-0.25, -0.2) is 28.1 Å². The van der Waals surface area contributed by atoms with E-state index in [1.54, 1.807) is 18.2 Å². The number of imidazole rings is 1. The predicted molar refractivity (Wildman–Crippen MR) is 162 cm³/mol. The third-order valence-electron chi connectivity index (χ3n) is 6.12. The zero-order chi connectivity index (χ0) is 30.2. The number of fused-ring (bicyclic) bond motifs is 1. The van der Waals surface area contributed by atoms with Crippen molar-refractivity contribution in [1.29, 1.82) is 0 Å². The van der Waals surface area contributed by atoms with Crippen molar-refractivity contribution in [1.82, 2.24) is 19.9 Å². The van der Waals surface area contributed by atoms with E-state index in [4.69, 9.17) is 28.9 Å². The molecule has 0 fully saturated rings. The zero-order valence-corrected chi connectivity index (χ0v) is 24.3. The molecule has 5 rings (SSSR count). The summed E-state index contributed by atoms with van der Waals surface area (Å²) in [6.07, 6.45) is 2.18. The molecule has 42 heavy (non-hydrogen) atoms. The van der Waals surface area contributed by atoms with Crippen molar-refractivity contribution in [3.63, 3.8) is 0 Å². The maximum absolute atomic E-state index is 13.1. The molecular weight excluding hydrogens is 603 g/mol. The summed E-state index contributed by atoms with van der Waals surface area (Å²) in [5.74, 6) is -1.08. The topological polar surface area (TPSA) is 176 Å². The Bertz CT molecular complexity index is 1960. The molecule has 0 aliphatic heterocycles. The Morgan fingerprint density at radius 1 is 0.952 bits per heavy atom. The highest BCUT2D eigenvalue weighted by atomic mass is 35.5. The van der Waals surface area contributed by atoms with Crippen LogP contribution in [0.1, 0.15) is 20.7 Å². The molecule has 2 heterocycles. The van der Waals surface area contributed by atoms with E-state index in [-0.39, 0.29) is 27.0 Å². The third-order valence-corrected chi connectivity index (χ3v) is 8.09. The number of aromatic amines is 1. The Hall–Kier alpha value is -4.72. The van der Waals surface area contributed by atoms with Crippen LogP contribution in [0.15, 0.2) is 71.9 Å². The molecule has 0 saturated carbocycles. The molecule has 3 aromatic carbocycles. The van der Waals surface area contributed by atoms with Crippen LogP contribution in [-0.2, 0) is 10.0 Å². The number of hydrogen-bond donors (Lipinski definition) is 4. The maximum Gasteiger partial charge on any atom is 0.264 e. The number of aromatic nitrogens is 4. The summed E-state index contributed by atoms with van der Waals surface area (Å²) >= 11 is 12.8. The number of amides is 2. The number of halogens is 2. The molecular formula is C27H22Cl2N8O4S. The second kappa shape index (κ2) is 11.3. The van der Waals surface area contributed by atoms with Crippen LogP contribution in [-0.4, -0.2) is 54.3 Å². The lowest BCUT2D eigenvalue weighted by Gasteiger charge is -2.11. The Kier molecular flexibility index (Phi) is 7.73. The number of sulfonamides is 1. The molecule has 214 valence electrons. The fourth-order valence-electron chi connectivity index (χ4n) is 3.92. The number of nitrogens with one attached hydrogen (secondary N) is 3. The average Bonchev–Trinajstić information content (AvgIpc) is 3.37. The van der Waals surface area contributed by atoms with Crippen LogP contribution in [0.3, 0.4) is 0 Å². The normalized spacial score (nSPS) is 11.3. The summed E-state index contributed by atoms with van der Waals surface area (Å²) in [7, 11) is -0.277. The van der Waals surface area contributed by atoms with E-state index >= 15 is 0 Å². The quantitative estimate of drug-likeness (QED) is 0.194. The van der Waals surface area contributed by atoms with E-state index in [1.807, 2.05) is 37.2 Å². The first-order chi connectivity index (χ1) is 19.9. The van der Waals surface area contributed by atoms with Crippen molar-refractivity contribution in [2.24, 2.45) is 5.73 Å². The molecule has 0 saturated heterocycles. The summed E-state index contributed by atoms with van der Waals surface area (Å²) < 4.78 is 27.8. The van der Waals surface area contributed by atoms with Gasteiger partial charge in [0.1, 0.15) is 5.82 Å². The van der Waals surface area contributed by atoms with Crippen LogP contribution in [0.5, 0.6) is 0 Å². The summed E-state index contributed by atoms with van der Waals surface area (Å²) in [5.41, 5.74) is 8.76. The van der Waals surface area contributed by atoms with Gasteiger partial charge in [-0.3, -0.25) is 9.59 Å². The molecule has 0 atom stereocenters. The first kappa shape index (κ1) is 28.8. The summed E-state index contributed by atoms with van der Waals surface area (Å²) in [6.45, 7) is 0. The second-order valence-corrected chi connectivity index (χ2v) is 11.7. The van der Waals surface area contributed by atoms with Gasteiger partial charge in [-0.1, -0.05) is 23.2 Å². The number of hydrogen-bond acceptors (Lipinski definition) is 8. The van der Waals surface area contributed by atoms with Crippen LogP contribution in [0.2, 0.25) is 10.0 Å². The Balaban J connectivity index is 1.35. The van der Waals surface area contributed by atoms with Gasteiger partial charge < -0.3 is 20.9 Å². The van der Waals surface area contributed by atoms with Gasteiger partial charge in [0.25, 0.3) is 21.8 Å². The van der Waals surface area contributed by atoms with E-state index in [2.05, 4.69) is 30.0 Å². The molecule has 0 bridgehead atoms. The minimum Gasteiger partial charge on any atom is -0.378 e. The third kappa shape index (κ3) is 5.98. The monoisotopic (exact) mass is 624 g/mol. The van der Waals surface area contributed by atoms with Crippen LogP contribution in [0, 0.1) is 0 Å². The smallest absolute Gasteiger partial charge is 0.264 e. The molecule has 0 aliphatic carbocycles. The van der Waals surface area contributed by atoms with Gasteiger partial charge in [0.15, 0.2) is 0 Å². The van der Waals surface area contributed by atoms with Gasteiger partial charge in [0.05, 0.1) is 37.1 Å². The highest BCUT2D eigenvalue weighted by molar-refractivity contribution is 7.92. The second-order valence-electron chi connectivity index (χ2n) is 9.24. The van der Waals surface area contributed by atoms with Gasteiger partial charge in [0, 0.05) is 43.4 Å². The Morgan fingerprint density at radius 3 is 2.36 bits per heavy atom. The molecule has 2 amide bonds. The van der Waals surface area contributed by atoms with E-state index < -0.39 is 21.8 Å². The van der Waals surface area contributed by atoms with E-state index in [0.717, 1.165) is 35.2 Å². The van der Waals surface area contributed by atoms with Crippen LogP contribution >= 0.6 is 23.2 Å². The van der Waals surface area contributed by atoms with Crippen LogP contribution < -0.4 is 20.7 Å². The van der Waals surface area contributed by atoms with Crippen LogP contribution in [0.25, 0.3) is 22.4 Å². The average molecular weight is 625 g/mol. The first-order valence-electron chi connectivity index (χ1n) is 12.1. The largest absolute Gasteiger partial charge is 0.378 e. The van der Waals surface area contributed by atoms with E-state index in [1.165, 1.54) is 12.1 Å². The number of anilines is 3. The van der Waals surface area contributed by atoms with Crippen molar-refractivity contribution in [3.8, 4) is 11.4 Å². The van der Waals surface area contributed by atoms with Gasteiger partial charge in [-0.2, -0.15) is 0 Å². The van der Waals surface area contributed by atoms with Gasteiger partial charge in [-0.15, -0.1) is 0 Å². The highest BCUT2D eigenvalue weighted by Crippen LogP contribution is 2.32. The number of nitrogens with two attached hydrogens (primary N) is 1. The summed E-state index contributed by atoms with van der Waals surface area (Å²) in [6, 6.07) is 14.4.